The molecule has 1 aromatic heterocycles. The number of hydrogen-bond donors (Lipinski definition) is 2. The third-order valence-corrected chi connectivity index (χ3v) is 2.21. The second-order valence-corrected chi connectivity index (χ2v) is 3.43. The minimum absolute atomic E-state index is 0.625. The number of rotatable bonds is 4. The number of nitrogen functional groups attached to an aromatic ring is 1. The smallest absolute Gasteiger partial charge is 0.122 e. The molecule has 0 amide bonds. The van der Waals surface area contributed by atoms with E-state index in [1.54, 1.807) is 19.4 Å². The van der Waals surface area contributed by atoms with Crippen molar-refractivity contribution in [2.75, 3.05) is 18.2 Å². The molecule has 3 N–H and O–H groups in total. The van der Waals surface area contributed by atoms with Gasteiger partial charge in [0.05, 0.1) is 19.9 Å². The standard InChI is InChI=1S/C12H14N2O2/c1-15-12-6-9(13)5-10(7-12)14-8-11-3-2-4-16-11/h2-7,14H,8,13H2,1H3. The Kier molecular flexibility index (Phi) is 3.00. The highest BCUT2D eigenvalue weighted by Crippen LogP contribution is 2.22. The molecule has 0 saturated carbocycles. The van der Waals surface area contributed by atoms with Crippen molar-refractivity contribution in [1.29, 1.82) is 0 Å². The molecule has 0 bridgehead atoms. The third-order valence-electron chi connectivity index (χ3n) is 2.21. The van der Waals surface area contributed by atoms with Crippen LogP contribution in [0.15, 0.2) is 41.0 Å². The van der Waals surface area contributed by atoms with Crippen LogP contribution < -0.4 is 15.8 Å². The van der Waals surface area contributed by atoms with Crippen molar-refractivity contribution in [2.45, 2.75) is 6.54 Å². The third kappa shape index (κ3) is 2.48. The van der Waals surface area contributed by atoms with Crippen LogP contribution >= 0.6 is 0 Å². The molecule has 0 unspecified atom stereocenters. The maximum absolute atomic E-state index is 5.74. The fourth-order valence-electron chi connectivity index (χ4n) is 1.44. The Balaban J connectivity index is 2.06. The average molecular weight is 218 g/mol. The zero-order valence-corrected chi connectivity index (χ0v) is 9.07. The van der Waals surface area contributed by atoms with Gasteiger partial charge in [-0.05, 0) is 18.2 Å². The highest BCUT2D eigenvalue weighted by Gasteiger charge is 2.00. The van der Waals surface area contributed by atoms with Crippen molar-refractivity contribution < 1.29 is 9.15 Å². The number of benzene rings is 1. The molecule has 0 fully saturated rings. The largest absolute Gasteiger partial charge is 0.497 e. The number of anilines is 2. The van der Waals surface area contributed by atoms with E-state index in [1.165, 1.54) is 0 Å². The highest BCUT2D eigenvalue weighted by molar-refractivity contribution is 5.59. The molecule has 0 aliphatic rings. The topological polar surface area (TPSA) is 60.4 Å². The van der Waals surface area contributed by atoms with Crippen molar-refractivity contribution >= 4 is 11.4 Å². The first kappa shape index (κ1) is 10.4. The lowest BCUT2D eigenvalue weighted by molar-refractivity contribution is 0.415. The van der Waals surface area contributed by atoms with Gasteiger partial charge in [-0.1, -0.05) is 0 Å². The first-order valence-electron chi connectivity index (χ1n) is 4.99. The molecule has 16 heavy (non-hydrogen) atoms. The normalized spacial score (nSPS) is 10.1. The van der Waals surface area contributed by atoms with Gasteiger partial charge in [-0.15, -0.1) is 0 Å². The summed E-state index contributed by atoms with van der Waals surface area (Å²) in [5.41, 5.74) is 7.32. The van der Waals surface area contributed by atoms with Gasteiger partial charge in [0, 0.05) is 23.5 Å². The minimum Gasteiger partial charge on any atom is -0.497 e. The van der Waals surface area contributed by atoms with E-state index in [4.69, 9.17) is 14.9 Å². The van der Waals surface area contributed by atoms with E-state index >= 15 is 0 Å². The number of nitrogens with one attached hydrogen (secondary N) is 1. The molecule has 4 nitrogen and oxygen atoms in total. The van der Waals surface area contributed by atoms with E-state index in [0.717, 1.165) is 17.2 Å². The van der Waals surface area contributed by atoms with Crippen LogP contribution in [0.25, 0.3) is 0 Å². The maximum Gasteiger partial charge on any atom is 0.122 e. The SMILES string of the molecule is COc1cc(N)cc(NCc2ccco2)c1. The van der Waals surface area contributed by atoms with Crippen LogP contribution in [0.4, 0.5) is 11.4 Å². The lowest BCUT2D eigenvalue weighted by atomic mass is 10.2. The fourth-order valence-corrected chi connectivity index (χ4v) is 1.44. The van der Waals surface area contributed by atoms with Crippen LogP contribution in [0, 0.1) is 0 Å². The molecule has 0 radical (unpaired) electrons. The first-order valence-corrected chi connectivity index (χ1v) is 4.99. The summed E-state index contributed by atoms with van der Waals surface area (Å²) in [6.45, 7) is 0.625. The zero-order chi connectivity index (χ0) is 11.4. The second kappa shape index (κ2) is 4.61. The summed E-state index contributed by atoms with van der Waals surface area (Å²) in [7, 11) is 1.62. The van der Waals surface area contributed by atoms with Crippen LogP contribution in [0.2, 0.25) is 0 Å². The quantitative estimate of drug-likeness (QED) is 0.774. The monoisotopic (exact) mass is 218 g/mol. The van der Waals surface area contributed by atoms with E-state index in [9.17, 15) is 0 Å². The zero-order valence-electron chi connectivity index (χ0n) is 9.07. The molecule has 0 aliphatic heterocycles. The number of methoxy groups -OCH3 is 1. The van der Waals surface area contributed by atoms with Crippen LogP contribution in [-0.4, -0.2) is 7.11 Å². The molecular formula is C12H14N2O2. The van der Waals surface area contributed by atoms with E-state index in [0.29, 0.717) is 12.2 Å². The van der Waals surface area contributed by atoms with Gasteiger partial charge in [0.2, 0.25) is 0 Å². The van der Waals surface area contributed by atoms with Crippen LogP contribution in [0.3, 0.4) is 0 Å². The van der Waals surface area contributed by atoms with Gasteiger partial charge in [-0.2, -0.15) is 0 Å². The minimum atomic E-state index is 0.625. The molecule has 0 saturated heterocycles. The lowest BCUT2D eigenvalue weighted by Gasteiger charge is -2.08. The van der Waals surface area contributed by atoms with Gasteiger partial charge in [0.15, 0.2) is 0 Å². The van der Waals surface area contributed by atoms with E-state index in [-0.39, 0.29) is 0 Å². The van der Waals surface area contributed by atoms with Gasteiger partial charge in [-0.3, -0.25) is 0 Å². The maximum atomic E-state index is 5.74. The van der Waals surface area contributed by atoms with Crippen LogP contribution in [0.1, 0.15) is 5.76 Å². The summed E-state index contributed by atoms with van der Waals surface area (Å²) in [6.07, 6.45) is 1.65. The summed E-state index contributed by atoms with van der Waals surface area (Å²) in [4.78, 5) is 0. The summed E-state index contributed by atoms with van der Waals surface area (Å²) >= 11 is 0. The number of ether oxygens (including phenoxy) is 1. The van der Waals surface area contributed by atoms with Crippen molar-refractivity contribution in [3.05, 3.63) is 42.4 Å². The predicted octanol–water partition coefficient (Wildman–Crippen LogP) is 2.48. The van der Waals surface area contributed by atoms with E-state index < -0.39 is 0 Å². The molecular weight excluding hydrogens is 204 g/mol. The Labute approximate surface area is 94.0 Å². The van der Waals surface area contributed by atoms with Crippen molar-refractivity contribution in [3.63, 3.8) is 0 Å². The molecule has 0 atom stereocenters. The molecule has 84 valence electrons. The predicted molar refractivity (Wildman–Crippen MR) is 63.4 cm³/mol. The van der Waals surface area contributed by atoms with Gasteiger partial charge in [0.1, 0.15) is 11.5 Å². The first-order chi connectivity index (χ1) is 7.78. The summed E-state index contributed by atoms with van der Waals surface area (Å²) in [5, 5.41) is 3.21. The number of hydrogen-bond acceptors (Lipinski definition) is 4. The highest BCUT2D eigenvalue weighted by atomic mass is 16.5. The Morgan fingerprint density at radius 2 is 2.25 bits per heavy atom. The molecule has 4 heteroatoms. The Morgan fingerprint density at radius 3 is 2.94 bits per heavy atom. The van der Waals surface area contributed by atoms with Gasteiger partial charge < -0.3 is 20.2 Å². The van der Waals surface area contributed by atoms with Gasteiger partial charge in [-0.25, -0.2) is 0 Å². The second-order valence-electron chi connectivity index (χ2n) is 3.43. The van der Waals surface area contributed by atoms with Crippen LogP contribution in [-0.2, 0) is 6.54 Å². The number of nitrogens with two attached hydrogens (primary N) is 1. The molecule has 1 aromatic carbocycles. The molecule has 2 rings (SSSR count). The van der Waals surface area contributed by atoms with Gasteiger partial charge in [0.25, 0.3) is 0 Å². The molecule has 0 aliphatic carbocycles. The Hall–Kier alpha value is -2.10. The summed E-state index contributed by atoms with van der Waals surface area (Å²) in [5.74, 6) is 1.61. The summed E-state index contributed by atoms with van der Waals surface area (Å²) in [6, 6.07) is 9.29. The van der Waals surface area contributed by atoms with Gasteiger partial charge >= 0.3 is 0 Å². The summed E-state index contributed by atoms with van der Waals surface area (Å²) < 4.78 is 10.3. The lowest BCUT2D eigenvalue weighted by Crippen LogP contribution is -1.99. The molecule has 2 aromatic rings. The fraction of sp³-hybridized carbons (Fsp3) is 0.167. The van der Waals surface area contributed by atoms with Crippen molar-refractivity contribution in [3.8, 4) is 5.75 Å². The van der Waals surface area contributed by atoms with Crippen LogP contribution in [0.5, 0.6) is 5.75 Å². The van der Waals surface area contributed by atoms with E-state index in [2.05, 4.69) is 5.32 Å². The van der Waals surface area contributed by atoms with Crippen molar-refractivity contribution in [1.82, 2.24) is 0 Å². The Bertz CT molecular complexity index is 452. The van der Waals surface area contributed by atoms with Crippen molar-refractivity contribution in [2.24, 2.45) is 0 Å². The molecule has 1 heterocycles. The molecule has 0 spiro atoms. The average Bonchev–Trinajstić information content (AvgIpc) is 2.78. The van der Waals surface area contributed by atoms with E-state index in [1.807, 2.05) is 24.3 Å². The number of furan rings is 1. The Morgan fingerprint density at radius 1 is 1.38 bits per heavy atom.